The van der Waals surface area contributed by atoms with E-state index < -0.39 is 13.9 Å². The fourth-order valence-corrected chi connectivity index (χ4v) is 3.82. The van der Waals surface area contributed by atoms with Gasteiger partial charge < -0.3 is 10.00 Å². The lowest BCUT2D eigenvalue weighted by Gasteiger charge is -2.32. The van der Waals surface area contributed by atoms with Crippen LogP contribution in [-0.4, -0.2) is 21.4 Å². The van der Waals surface area contributed by atoms with Gasteiger partial charge in [-0.3, -0.25) is 13.9 Å². The standard InChI is InChI=1S/C20H33O5P/c1-9-20(10-2,25-26(23)24)17(22)13-11-14(18(3,4)5)16(21)15(12-13)19(6,7)8/h11-12,21,26H,9-10H2,1-8H3,(H,23,24). The van der Waals surface area contributed by atoms with Crippen molar-refractivity contribution in [1.82, 2.24) is 0 Å². The predicted octanol–water partition coefficient (Wildman–Crippen LogP) is 5.13. The molecule has 0 radical (unpaired) electrons. The molecule has 0 spiro atoms. The Hall–Kier alpha value is -1.16. The Kier molecular flexibility index (Phi) is 6.90. The van der Waals surface area contributed by atoms with Gasteiger partial charge in [0.2, 0.25) is 0 Å². The van der Waals surface area contributed by atoms with Gasteiger partial charge in [0.15, 0.2) is 5.78 Å². The average Bonchev–Trinajstić information content (AvgIpc) is 2.49. The minimum Gasteiger partial charge on any atom is -0.507 e. The number of ketones is 1. The number of carbonyl (C=O) groups is 1. The molecule has 0 saturated carbocycles. The lowest BCUT2D eigenvalue weighted by Crippen LogP contribution is -2.39. The Labute approximate surface area is 157 Å². The molecule has 1 unspecified atom stereocenters. The highest BCUT2D eigenvalue weighted by Gasteiger charge is 2.39. The fraction of sp³-hybridized carbons (Fsp3) is 0.650. The maximum absolute atomic E-state index is 13.3. The smallest absolute Gasteiger partial charge is 0.317 e. The van der Waals surface area contributed by atoms with Gasteiger partial charge in [0.05, 0.1) is 0 Å². The molecule has 1 aromatic rings. The van der Waals surface area contributed by atoms with E-state index >= 15 is 0 Å². The molecule has 0 fully saturated rings. The minimum atomic E-state index is -3.27. The average molecular weight is 384 g/mol. The van der Waals surface area contributed by atoms with Crippen molar-refractivity contribution >= 4 is 14.0 Å². The van der Waals surface area contributed by atoms with E-state index in [2.05, 4.69) is 0 Å². The summed E-state index contributed by atoms with van der Waals surface area (Å²) in [5.41, 5.74) is -0.340. The largest absolute Gasteiger partial charge is 0.507 e. The van der Waals surface area contributed by atoms with Crippen molar-refractivity contribution in [3.8, 4) is 5.75 Å². The van der Waals surface area contributed by atoms with Gasteiger partial charge in [-0.2, -0.15) is 0 Å². The first-order valence-electron chi connectivity index (χ1n) is 9.04. The number of hydrogen-bond acceptors (Lipinski definition) is 4. The van der Waals surface area contributed by atoms with Crippen LogP contribution in [0, 0.1) is 0 Å². The molecule has 0 heterocycles. The molecule has 2 N–H and O–H groups in total. The third kappa shape index (κ3) is 4.76. The third-order valence-electron chi connectivity index (χ3n) is 4.83. The van der Waals surface area contributed by atoms with Crippen LogP contribution in [0.2, 0.25) is 0 Å². The highest BCUT2D eigenvalue weighted by molar-refractivity contribution is 7.32. The van der Waals surface area contributed by atoms with Crippen molar-refractivity contribution in [1.29, 1.82) is 0 Å². The van der Waals surface area contributed by atoms with Gasteiger partial charge >= 0.3 is 8.25 Å². The zero-order chi connectivity index (χ0) is 20.5. The van der Waals surface area contributed by atoms with Gasteiger partial charge in [-0.05, 0) is 35.8 Å². The van der Waals surface area contributed by atoms with Crippen LogP contribution in [0.1, 0.15) is 89.7 Å². The first kappa shape index (κ1) is 22.9. The number of phenols is 1. The molecular formula is C20H33O5P. The highest BCUT2D eigenvalue weighted by atomic mass is 31.1. The summed E-state index contributed by atoms with van der Waals surface area (Å²) in [6.07, 6.45) is 0.575. The molecule has 0 aliphatic carbocycles. The van der Waals surface area contributed by atoms with E-state index in [1.54, 1.807) is 26.0 Å². The Morgan fingerprint density at radius 3 is 1.65 bits per heavy atom. The van der Waals surface area contributed by atoms with Gasteiger partial charge in [-0.1, -0.05) is 55.4 Å². The van der Waals surface area contributed by atoms with Gasteiger partial charge in [0.25, 0.3) is 0 Å². The molecule has 1 rings (SSSR count). The Morgan fingerprint density at radius 2 is 1.38 bits per heavy atom. The molecule has 0 aromatic heterocycles. The third-order valence-corrected chi connectivity index (χ3v) is 5.39. The predicted molar refractivity (Wildman–Crippen MR) is 105 cm³/mol. The second-order valence-electron chi connectivity index (χ2n) is 8.82. The molecule has 6 heteroatoms. The maximum atomic E-state index is 13.3. The number of rotatable bonds is 6. The topological polar surface area (TPSA) is 83.8 Å². The summed E-state index contributed by atoms with van der Waals surface area (Å²) in [7, 11) is -3.27. The van der Waals surface area contributed by atoms with Crippen LogP contribution in [-0.2, 0) is 19.9 Å². The molecular weight excluding hydrogens is 351 g/mol. The van der Waals surface area contributed by atoms with Gasteiger partial charge in [-0.15, -0.1) is 0 Å². The summed E-state index contributed by atoms with van der Waals surface area (Å²) in [5.74, 6) is -0.136. The monoisotopic (exact) mass is 384 g/mol. The molecule has 1 aromatic carbocycles. The van der Waals surface area contributed by atoms with E-state index in [4.69, 9.17) is 4.52 Å². The van der Waals surface area contributed by atoms with Crippen LogP contribution >= 0.6 is 8.25 Å². The molecule has 1 atom stereocenters. The van der Waals surface area contributed by atoms with Crippen molar-refractivity contribution in [2.24, 2.45) is 0 Å². The van der Waals surface area contributed by atoms with E-state index in [1.165, 1.54) is 0 Å². The lowest BCUT2D eigenvalue weighted by molar-refractivity contribution is 0.0394. The number of benzene rings is 1. The first-order valence-corrected chi connectivity index (χ1v) is 10.3. The van der Waals surface area contributed by atoms with Crippen molar-refractivity contribution < 1.29 is 23.9 Å². The number of hydrogen-bond donors (Lipinski definition) is 2. The van der Waals surface area contributed by atoms with E-state index in [9.17, 15) is 19.4 Å². The summed E-state index contributed by atoms with van der Waals surface area (Å²) in [4.78, 5) is 22.6. The lowest BCUT2D eigenvalue weighted by atomic mass is 9.76. The Balaban J connectivity index is 3.71. The summed E-state index contributed by atoms with van der Waals surface area (Å²) in [6, 6.07) is 3.37. The van der Waals surface area contributed by atoms with Gasteiger partial charge in [0, 0.05) is 16.7 Å². The molecule has 148 valence electrons. The number of carbonyl (C=O) groups excluding carboxylic acids is 1. The molecule has 0 amide bonds. The molecule has 5 nitrogen and oxygen atoms in total. The van der Waals surface area contributed by atoms with E-state index in [1.807, 2.05) is 41.5 Å². The highest BCUT2D eigenvalue weighted by Crippen LogP contribution is 2.42. The molecule has 0 aliphatic heterocycles. The van der Waals surface area contributed by atoms with Crippen molar-refractivity contribution in [3.63, 3.8) is 0 Å². The summed E-state index contributed by atoms with van der Waals surface area (Å²) >= 11 is 0. The SMILES string of the molecule is CCC(CC)(O[PH](=O)O)C(=O)c1cc(C(C)(C)C)c(O)c(C(C)(C)C)c1. The molecule has 0 aliphatic rings. The van der Waals surface area contributed by atoms with Gasteiger partial charge in [0.1, 0.15) is 11.4 Å². The summed E-state index contributed by atoms with van der Waals surface area (Å²) in [6.45, 7) is 15.4. The van der Waals surface area contributed by atoms with Crippen LogP contribution < -0.4 is 0 Å². The van der Waals surface area contributed by atoms with Crippen LogP contribution in [0.4, 0.5) is 0 Å². The maximum Gasteiger partial charge on any atom is 0.317 e. The first-order chi connectivity index (χ1) is 11.7. The Morgan fingerprint density at radius 1 is 1.00 bits per heavy atom. The van der Waals surface area contributed by atoms with E-state index in [0.29, 0.717) is 16.7 Å². The van der Waals surface area contributed by atoms with Crippen LogP contribution in [0.5, 0.6) is 5.75 Å². The number of Topliss-reactive ketones (excluding diaryl/α,β-unsaturated/α-hetero) is 1. The van der Waals surface area contributed by atoms with E-state index in [-0.39, 0.29) is 35.2 Å². The van der Waals surface area contributed by atoms with Crippen molar-refractivity contribution in [3.05, 3.63) is 28.8 Å². The molecule has 26 heavy (non-hydrogen) atoms. The summed E-state index contributed by atoms with van der Waals surface area (Å²) in [5, 5.41) is 10.8. The second-order valence-corrected chi connectivity index (χ2v) is 9.55. The van der Waals surface area contributed by atoms with Crippen molar-refractivity contribution in [2.45, 2.75) is 84.7 Å². The minimum absolute atomic E-state index is 0.191. The molecule has 0 saturated heterocycles. The zero-order valence-corrected chi connectivity index (χ0v) is 18.2. The Bertz CT molecular complexity index is 656. The fourth-order valence-electron chi connectivity index (χ4n) is 3.10. The molecule has 0 bridgehead atoms. The normalized spacial score (nSPS) is 14.3. The zero-order valence-electron chi connectivity index (χ0n) is 17.2. The quantitative estimate of drug-likeness (QED) is 0.525. The summed E-state index contributed by atoms with van der Waals surface area (Å²) < 4.78 is 16.6. The van der Waals surface area contributed by atoms with Crippen LogP contribution in [0.15, 0.2) is 12.1 Å². The number of phenolic OH excluding ortho intramolecular Hbond substituents is 1. The van der Waals surface area contributed by atoms with Crippen LogP contribution in [0.25, 0.3) is 0 Å². The van der Waals surface area contributed by atoms with E-state index in [0.717, 1.165) is 0 Å². The second kappa shape index (κ2) is 7.84. The van der Waals surface area contributed by atoms with Crippen molar-refractivity contribution in [2.75, 3.05) is 0 Å². The van der Waals surface area contributed by atoms with Crippen LogP contribution in [0.3, 0.4) is 0 Å². The number of aromatic hydroxyl groups is 1. The van der Waals surface area contributed by atoms with Gasteiger partial charge in [-0.25, -0.2) is 0 Å².